The molecule has 0 fully saturated rings. The van der Waals surface area contributed by atoms with Crippen LogP contribution >= 0.6 is 0 Å². The number of rotatable bonds is 5. The largest absolute Gasteiger partial charge is 0.265 e. The van der Waals surface area contributed by atoms with Crippen LogP contribution in [0.2, 0.25) is 0 Å². The fraction of sp³-hybridized carbons (Fsp3) is 0.179. The van der Waals surface area contributed by atoms with Crippen LogP contribution in [0.15, 0.2) is 97.3 Å². The van der Waals surface area contributed by atoms with E-state index in [2.05, 4.69) is 98.6 Å². The van der Waals surface area contributed by atoms with Crippen molar-refractivity contribution in [1.82, 2.24) is 4.98 Å². The molecule has 0 amide bonds. The standard InChI is InChI=1S/C28H27N/c1-20(2)22-4-10-25(11-5-22)26-12-6-23(7-13-26)21(3)24-8-14-27(15-9-24)28-16-18-29-19-17-28/h4-21H,1-3H3. The Bertz CT molecular complexity index is 1040. The van der Waals surface area contributed by atoms with Crippen LogP contribution in [0, 0.1) is 0 Å². The van der Waals surface area contributed by atoms with E-state index in [0.29, 0.717) is 11.8 Å². The fourth-order valence-corrected chi connectivity index (χ4v) is 3.73. The van der Waals surface area contributed by atoms with Crippen LogP contribution in [0.3, 0.4) is 0 Å². The van der Waals surface area contributed by atoms with Gasteiger partial charge in [-0.1, -0.05) is 93.6 Å². The minimum Gasteiger partial charge on any atom is -0.265 e. The molecule has 1 unspecified atom stereocenters. The fourth-order valence-electron chi connectivity index (χ4n) is 3.73. The van der Waals surface area contributed by atoms with Crippen LogP contribution in [0.4, 0.5) is 0 Å². The molecular weight excluding hydrogens is 350 g/mol. The maximum Gasteiger partial charge on any atom is 0.0273 e. The molecule has 144 valence electrons. The Morgan fingerprint density at radius 1 is 0.448 bits per heavy atom. The van der Waals surface area contributed by atoms with Crippen LogP contribution in [0.25, 0.3) is 22.3 Å². The zero-order chi connectivity index (χ0) is 20.2. The molecule has 1 heteroatoms. The molecule has 0 aliphatic carbocycles. The second kappa shape index (κ2) is 8.45. The van der Waals surface area contributed by atoms with Crippen molar-refractivity contribution in [2.45, 2.75) is 32.6 Å². The summed E-state index contributed by atoms with van der Waals surface area (Å²) in [5, 5.41) is 0. The molecule has 0 saturated heterocycles. The molecule has 0 N–H and O–H groups in total. The van der Waals surface area contributed by atoms with Crippen LogP contribution < -0.4 is 0 Å². The average molecular weight is 378 g/mol. The third-order valence-corrected chi connectivity index (χ3v) is 5.75. The third-order valence-electron chi connectivity index (χ3n) is 5.75. The minimum atomic E-state index is 0.360. The van der Waals surface area contributed by atoms with E-state index in [9.17, 15) is 0 Å². The van der Waals surface area contributed by atoms with Crippen molar-refractivity contribution in [3.05, 3.63) is 114 Å². The monoisotopic (exact) mass is 377 g/mol. The number of aromatic nitrogens is 1. The second-order valence-corrected chi connectivity index (χ2v) is 7.98. The Hall–Kier alpha value is -3.19. The highest BCUT2D eigenvalue weighted by Crippen LogP contribution is 2.29. The predicted molar refractivity (Wildman–Crippen MR) is 123 cm³/mol. The van der Waals surface area contributed by atoms with Gasteiger partial charge in [0.05, 0.1) is 0 Å². The lowest BCUT2D eigenvalue weighted by molar-refractivity contribution is 0.867. The number of pyridine rings is 1. The molecule has 4 rings (SSSR count). The molecule has 29 heavy (non-hydrogen) atoms. The molecule has 4 aromatic rings. The van der Waals surface area contributed by atoms with Gasteiger partial charge >= 0.3 is 0 Å². The molecule has 3 aromatic carbocycles. The van der Waals surface area contributed by atoms with Gasteiger partial charge in [-0.3, -0.25) is 4.98 Å². The summed E-state index contributed by atoms with van der Waals surface area (Å²) in [5.74, 6) is 0.927. The maximum absolute atomic E-state index is 4.10. The van der Waals surface area contributed by atoms with E-state index in [1.54, 1.807) is 0 Å². The van der Waals surface area contributed by atoms with E-state index >= 15 is 0 Å². The zero-order valence-corrected chi connectivity index (χ0v) is 17.3. The molecule has 1 heterocycles. The maximum atomic E-state index is 4.10. The summed E-state index contributed by atoms with van der Waals surface area (Å²) >= 11 is 0. The molecule has 0 aliphatic rings. The number of hydrogen-bond acceptors (Lipinski definition) is 1. The summed E-state index contributed by atoms with van der Waals surface area (Å²) in [5.41, 5.74) is 9.02. The summed E-state index contributed by atoms with van der Waals surface area (Å²) in [4.78, 5) is 4.10. The first-order valence-corrected chi connectivity index (χ1v) is 10.3. The highest BCUT2D eigenvalue weighted by Gasteiger charge is 2.09. The second-order valence-electron chi connectivity index (χ2n) is 7.98. The van der Waals surface area contributed by atoms with Crippen molar-refractivity contribution in [3.8, 4) is 22.3 Å². The highest BCUT2D eigenvalue weighted by atomic mass is 14.6. The van der Waals surface area contributed by atoms with Crippen molar-refractivity contribution in [2.24, 2.45) is 0 Å². The van der Waals surface area contributed by atoms with E-state index in [1.165, 1.54) is 38.9 Å². The topological polar surface area (TPSA) is 12.9 Å². The van der Waals surface area contributed by atoms with Crippen molar-refractivity contribution in [2.75, 3.05) is 0 Å². The Morgan fingerprint density at radius 3 is 1.17 bits per heavy atom. The Kier molecular flexibility index (Phi) is 5.57. The smallest absolute Gasteiger partial charge is 0.0273 e. The van der Waals surface area contributed by atoms with Crippen molar-refractivity contribution >= 4 is 0 Å². The predicted octanol–water partition coefficient (Wildman–Crippen LogP) is 7.69. The van der Waals surface area contributed by atoms with Crippen LogP contribution in [-0.4, -0.2) is 4.98 Å². The molecule has 1 nitrogen and oxygen atoms in total. The SMILES string of the molecule is CC(C)c1ccc(-c2ccc(C(C)c3ccc(-c4ccncc4)cc3)cc2)cc1. The van der Waals surface area contributed by atoms with Gasteiger partial charge in [-0.15, -0.1) is 0 Å². The van der Waals surface area contributed by atoms with Gasteiger partial charge in [0.1, 0.15) is 0 Å². The van der Waals surface area contributed by atoms with Gasteiger partial charge in [0.15, 0.2) is 0 Å². The van der Waals surface area contributed by atoms with Gasteiger partial charge in [-0.05, 0) is 57.0 Å². The third kappa shape index (κ3) is 4.30. The van der Waals surface area contributed by atoms with E-state index in [-0.39, 0.29) is 0 Å². The van der Waals surface area contributed by atoms with Crippen molar-refractivity contribution in [1.29, 1.82) is 0 Å². The Balaban J connectivity index is 1.51. The Labute approximate surface area is 174 Å². The highest BCUT2D eigenvalue weighted by molar-refractivity contribution is 5.65. The summed E-state index contributed by atoms with van der Waals surface area (Å²) < 4.78 is 0. The first-order valence-electron chi connectivity index (χ1n) is 10.3. The van der Waals surface area contributed by atoms with E-state index in [0.717, 1.165) is 0 Å². The Morgan fingerprint density at radius 2 is 0.793 bits per heavy atom. The van der Waals surface area contributed by atoms with Crippen LogP contribution in [0.1, 0.15) is 49.3 Å². The van der Waals surface area contributed by atoms with E-state index in [4.69, 9.17) is 0 Å². The molecule has 0 aliphatic heterocycles. The van der Waals surface area contributed by atoms with Crippen molar-refractivity contribution in [3.63, 3.8) is 0 Å². The summed E-state index contributed by atoms with van der Waals surface area (Å²) in [7, 11) is 0. The first-order chi connectivity index (χ1) is 14.1. The van der Waals surface area contributed by atoms with Gasteiger partial charge in [-0.25, -0.2) is 0 Å². The minimum absolute atomic E-state index is 0.360. The first kappa shape index (κ1) is 19.1. The zero-order valence-electron chi connectivity index (χ0n) is 17.3. The van der Waals surface area contributed by atoms with Crippen LogP contribution in [-0.2, 0) is 0 Å². The number of benzene rings is 3. The van der Waals surface area contributed by atoms with Gasteiger partial charge < -0.3 is 0 Å². The lowest BCUT2D eigenvalue weighted by Gasteiger charge is -2.14. The summed E-state index contributed by atoms with van der Waals surface area (Å²) in [6.45, 7) is 6.73. The lowest BCUT2D eigenvalue weighted by Crippen LogP contribution is -1.96. The summed E-state index contributed by atoms with van der Waals surface area (Å²) in [6, 6.07) is 30.9. The molecule has 1 atom stereocenters. The number of hydrogen-bond donors (Lipinski definition) is 0. The van der Waals surface area contributed by atoms with Crippen LogP contribution in [0.5, 0.6) is 0 Å². The average Bonchev–Trinajstić information content (AvgIpc) is 2.79. The molecule has 0 bridgehead atoms. The van der Waals surface area contributed by atoms with Gasteiger partial charge in [-0.2, -0.15) is 0 Å². The molecular formula is C28H27N. The number of nitrogens with zero attached hydrogens (tertiary/aromatic N) is 1. The molecule has 0 saturated carbocycles. The van der Waals surface area contributed by atoms with Gasteiger partial charge in [0, 0.05) is 18.3 Å². The van der Waals surface area contributed by atoms with E-state index < -0.39 is 0 Å². The normalized spacial score (nSPS) is 12.1. The summed E-state index contributed by atoms with van der Waals surface area (Å²) in [6.07, 6.45) is 3.67. The molecule has 1 aromatic heterocycles. The molecule has 0 radical (unpaired) electrons. The van der Waals surface area contributed by atoms with E-state index in [1.807, 2.05) is 24.5 Å². The van der Waals surface area contributed by atoms with Gasteiger partial charge in [0.2, 0.25) is 0 Å². The van der Waals surface area contributed by atoms with Crippen molar-refractivity contribution < 1.29 is 0 Å². The quantitative estimate of drug-likeness (QED) is 0.347. The lowest BCUT2D eigenvalue weighted by atomic mass is 9.90. The van der Waals surface area contributed by atoms with Gasteiger partial charge in [0.25, 0.3) is 0 Å². The molecule has 0 spiro atoms.